The van der Waals surface area contributed by atoms with Crippen LogP contribution in [0.3, 0.4) is 0 Å². The Balaban J connectivity index is 0.00000161. The number of allylic oxidation sites excluding steroid dienone is 3. The highest BCUT2D eigenvalue weighted by Crippen LogP contribution is 2.18. The Kier molecular flexibility index (Phi) is 13.0. The molecule has 0 aliphatic heterocycles. The fourth-order valence-corrected chi connectivity index (χ4v) is 3.39. The Morgan fingerprint density at radius 3 is 2.56 bits per heavy atom. The molecule has 9 nitrogen and oxygen atoms in total. The number of aryl methyl sites for hydroxylation is 1. The molecule has 0 fully saturated rings. The molecule has 2 rings (SSSR count). The lowest BCUT2D eigenvalue weighted by atomic mass is 10.1. The van der Waals surface area contributed by atoms with Gasteiger partial charge in [0.05, 0.1) is 12.2 Å². The van der Waals surface area contributed by atoms with Gasteiger partial charge in [-0.25, -0.2) is 0 Å². The number of amides is 1. The lowest BCUT2D eigenvalue weighted by molar-refractivity contribution is -0.115. The van der Waals surface area contributed by atoms with Crippen LogP contribution in [0.5, 0.6) is 0 Å². The normalized spacial score (nSPS) is 11.3. The molecule has 32 heavy (non-hydrogen) atoms. The quantitative estimate of drug-likeness (QED) is 0.193. The number of aromatic nitrogens is 2. The van der Waals surface area contributed by atoms with Gasteiger partial charge in [0.1, 0.15) is 11.3 Å². The lowest BCUT2D eigenvalue weighted by Crippen LogP contribution is -2.14. The lowest BCUT2D eigenvalue weighted by Gasteiger charge is -2.03. The van der Waals surface area contributed by atoms with Gasteiger partial charge in [0.2, 0.25) is 11.0 Å². The van der Waals surface area contributed by atoms with Gasteiger partial charge in [-0.2, -0.15) is 0 Å². The van der Waals surface area contributed by atoms with E-state index in [4.69, 9.17) is 22.0 Å². The van der Waals surface area contributed by atoms with E-state index < -0.39 is 0 Å². The maximum Gasteiger partial charge on any atom is 0.230 e. The number of carbonyl (C=O) groups is 2. The van der Waals surface area contributed by atoms with Crippen LogP contribution in [0.15, 0.2) is 47.9 Å². The van der Waals surface area contributed by atoms with Gasteiger partial charge < -0.3 is 32.6 Å². The van der Waals surface area contributed by atoms with E-state index in [1.165, 1.54) is 18.3 Å². The first-order chi connectivity index (χ1) is 15.4. The summed E-state index contributed by atoms with van der Waals surface area (Å²) in [6.45, 7) is 1.90. The number of nitrogens with zero attached hydrogens (tertiary/aromatic N) is 2. The van der Waals surface area contributed by atoms with E-state index in [1.54, 1.807) is 13.1 Å². The van der Waals surface area contributed by atoms with Crippen molar-refractivity contribution in [2.24, 2.45) is 17.2 Å². The molecule has 1 aromatic carbocycles. The second-order valence-corrected chi connectivity index (χ2v) is 7.87. The second-order valence-electron chi connectivity index (χ2n) is 6.81. The third-order valence-electron chi connectivity index (χ3n) is 4.18. The van der Waals surface area contributed by atoms with Gasteiger partial charge >= 0.3 is 0 Å². The first kappa shape index (κ1) is 26.8. The fraction of sp³-hybridized carbons (Fsp3) is 0.364. The van der Waals surface area contributed by atoms with Crippen molar-refractivity contribution in [2.75, 3.05) is 12.4 Å². The molecule has 1 heterocycles. The zero-order valence-corrected chi connectivity index (χ0v) is 19.5. The molecule has 2 aromatic rings. The largest absolute Gasteiger partial charge is 0.402 e. The molecule has 1 amide bonds. The highest BCUT2D eigenvalue weighted by molar-refractivity contribution is 7.15. The summed E-state index contributed by atoms with van der Waals surface area (Å²) >= 11 is 1.40. The maximum absolute atomic E-state index is 12.2. The summed E-state index contributed by atoms with van der Waals surface area (Å²) in [4.78, 5) is 21.0. The SMILES string of the molecule is CC=O.CN/C(N)=C/C=C(\N)CCCCc1nnc(NC(=O)Cc2cccc(CN)c2)s1. The van der Waals surface area contributed by atoms with Gasteiger partial charge in [0.15, 0.2) is 0 Å². The molecule has 174 valence electrons. The Morgan fingerprint density at radius 2 is 1.88 bits per heavy atom. The second kappa shape index (κ2) is 15.5. The molecule has 0 unspecified atom stereocenters. The van der Waals surface area contributed by atoms with E-state index >= 15 is 0 Å². The van der Waals surface area contributed by atoms with Gasteiger partial charge in [-0.15, -0.1) is 10.2 Å². The molecule has 0 radical (unpaired) electrons. The van der Waals surface area contributed by atoms with E-state index in [2.05, 4.69) is 20.8 Å². The predicted molar refractivity (Wildman–Crippen MR) is 129 cm³/mol. The first-order valence-corrected chi connectivity index (χ1v) is 11.1. The van der Waals surface area contributed by atoms with Gasteiger partial charge in [-0.05, 0) is 49.5 Å². The van der Waals surface area contributed by atoms with Gasteiger partial charge in [-0.1, -0.05) is 35.6 Å². The number of carbonyl (C=O) groups excluding carboxylic acids is 2. The molecule has 8 N–H and O–H groups in total. The zero-order chi connectivity index (χ0) is 23.8. The maximum atomic E-state index is 12.2. The molecule has 0 spiro atoms. The molecule has 1 aromatic heterocycles. The van der Waals surface area contributed by atoms with Crippen LogP contribution in [0.1, 0.15) is 42.3 Å². The smallest absolute Gasteiger partial charge is 0.230 e. The van der Waals surface area contributed by atoms with Crippen molar-refractivity contribution < 1.29 is 9.59 Å². The van der Waals surface area contributed by atoms with E-state index in [0.29, 0.717) is 17.5 Å². The van der Waals surface area contributed by atoms with Gasteiger partial charge in [-0.3, -0.25) is 4.79 Å². The standard InChI is InChI=1S/C20H29N7OS.C2H4O/c1-24-17(23)10-9-16(22)7-2-3-8-19-26-27-20(29-19)25-18(28)12-14-5-4-6-15(11-14)13-21;1-2-3/h4-6,9-11,24H,2-3,7-8,12-13,21-23H2,1H3,(H,25,27,28);2H,1H3/b16-9-,17-10+;. The summed E-state index contributed by atoms with van der Waals surface area (Å²) in [7, 11) is 1.76. The van der Waals surface area contributed by atoms with Crippen molar-refractivity contribution in [2.45, 2.75) is 45.6 Å². The number of aldehydes is 1. The van der Waals surface area contributed by atoms with E-state index in [1.807, 2.05) is 30.3 Å². The summed E-state index contributed by atoms with van der Waals surface area (Å²) < 4.78 is 0. The molecule has 0 atom stereocenters. The van der Waals surface area contributed by atoms with Gasteiger partial charge in [0, 0.05) is 25.7 Å². The zero-order valence-electron chi connectivity index (χ0n) is 18.6. The minimum absolute atomic E-state index is 0.117. The summed E-state index contributed by atoms with van der Waals surface area (Å²) in [5.41, 5.74) is 19.9. The Morgan fingerprint density at radius 1 is 1.16 bits per heavy atom. The molecular weight excluding hydrogens is 426 g/mol. The predicted octanol–water partition coefficient (Wildman–Crippen LogP) is 1.96. The number of nitrogens with one attached hydrogen (secondary N) is 2. The van der Waals surface area contributed by atoms with Crippen molar-refractivity contribution in [1.29, 1.82) is 0 Å². The molecule has 0 bridgehead atoms. The number of hydrogen-bond acceptors (Lipinski definition) is 9. The fourth-order valence-electron chi connectivity index (χ4n) is 2.59. The van der Waals surface area contributed by atoms with Crippen LogP contribution in [0.25, 0.3) is 0 Å². The van der Waals surface area contributed by atoms with Crippen molar-refractivity contribution in [1.82, 2.24) is 15.5 Å². The number of benzene rings is 1. The molecule has 0 aliphatic carbocycles. The van der Waals surface area contributed by atoms with Crippen LogP contribution in [-0.2, 0) is 29.0 Å². The number of hydrogen-bond donors (Lipinski definition) is 5. The topological polar surface area (TPSA) is 162 Å². The average Bonchev–Trinajstić information content (AvgIpc) is 3.22. The van der Waals surface area contributed by atoms with Crippen LogP contribution >= 0.6 is 11.3 Å². The van der Waals surface area contributed by atoms with E-state index in [9.17, 15) is 4.79 Å². The van der Waals surface area contributed by atoms with Crippen LogP contribution in [0.2, 0.25) is 0 Å². The molecular formula is C22H33N7O2S. The minimum atomic E-state index is -0.117. The van der Waals surface area contributed by atoms with E-state index in [0.717, 1.165) is 53.8 Å². The summed E-state index contributed by atoms with van der Waals surface area (Å²) in [6, 6.07) is 7.69. The third-order valence-corrected chi connectivity index (χ3v) is 5.08. The highest BCUT2D eigenvalue weighted by atomic mass is 32.1. The average molecular weight is 460 g/mol. The number of unbranched alkanes of at least 4 members (excludes halogenated alkanes) is 1. The van der Waals surface area contributed by atoms with Crippen molar-refractivity contribution >= 4 is 28.7 Å². The number of anilines is 1. The summed E-state index contributed by atoms with van der Waals surface area (Å²) in [5.74, 6) is 0.456. The summed E-state index contributed by atoms with van der Waals surface area (Å²) in [6.07, 6.45) is 8.06. The first-order valence-electron chi connectivity index (χ1n) is 10.3. The van der Waals surface area contributed by atoms with Crippen LogP contribution in [-0.4, -0.2) is 29.4 Å². The van der Waals surface area contributed by atoms with Gasteiger partial charge in [0.25, 0.3) is 0 Å². The van der Waals surface area contributed by atoms with Crippen molar-refractivity contribution in [3.63, 3.8) is 0 Å². The molecule has 0 saturated heterocycles. The van der Waals surface area contributed by atoms with Crippen LogP contribution in [0.4, 0.5) is 5.13 Å². The van der Waals surface area contributed by atoms with Crippen LogP contribution < -0.4 is 27.8 Å². The monoisotopic (exact) mass is 459 g/mol. The highest BCUT2D eigenvalue weighted by Gasteiger charge is 2.09. The van der Waals surface area contributed by atoms with E-state index in [-0.39, 0.29) is 12.3 Å². The minimum Gasteiger partial charge on any atom is -0.402 e. The van der Waals surface area contributed by atoms with Crippen LogP contribution in [0, 0.1) is 0 Å². The summed E-state index contributed by atoms with van der Waals surface area (Å²) in [5, 5.41) is 15.3. The molecule has 10 heteroatoms. The van der Waals surface area contributed by atoms with Crippen molar-refractivity contribution in [3.05, 3.63) is 64.1 Å². The molecule has 0 aliphatic rings. The number of rotatable bonds is 11. The Labute approximate surface area is 193 Å². The van der Waals surface area contributed by atoms with Crippen molar-refractivity contribution in [3.8, 4) is 0 Å². The molecule has 0 saturated carbocycles. The number of nitrogens with two attached hydrogens (primary N) is 3. The Bertz CT molecular complexity index is 909. The Hall–Kier alpha value is -3.24. The third kappa shape index (κ3) is 11.2.